The van der Waals surface area contributed by atoms with Gasteiger partial charge in [0, 0.05) is 13.1 Å². The zero-order valence-electron chi connectivity index (χ0n) is 7.70. The Bertz CT molecular complexity index is 334. The molecule has 0 fully saturated rings. The molecule has 0 N–H and O–H groups in total. The molecule has 1 rings (SSSR count). The molecule has 1 aromatic rings. The lowest BCUT2D eigenvalue weighted by Crippen LogP contribution is -2.24. The number of thiophene rings is 1. The third kappa shape index (κ3) is 3.97. The molecular formula is C9H10BrClN2S. The average molecular weight is 294 g/mol. The first-order valence-corrected chi connectivity index (χ1v) is 6.18. The Morgan fingerprint density at radius 3 is 3.00 bits per heavy atom. The first-order chi connectivity index (χ1) is 6.61. The van der Waals surface area contributed by atoms with Crippen molar-refractivity contribution in [3.05, 3.63) is 20.8 Å². The van der Waals surface area contributed by atoms with Crippen LogP contribution in [-0.2, 0) is 6.54 Å². The van der Waals surface area contributed by atoms with Gasteiger partial charge in [0.05, 0.1) is 9.86 Å². The van der Waals surface area contributed by atoms with E-state index in [9.17, 15) is 0 Å². The summed E-state index contributed by atoms with van der Waals surface area (Å²) < 4.78 is 1.13. The van der Waals surface area contributed by atoms with Gasteiger partial charge < -0.3 is 0 Å². The molecule has 0 radical (unpaired) electrons. The van der Waals surface area contributed by atoms with Crippen LogP contribution in [0, 0.1) is 11.3 Å². The highest BCUT2D eigenvalue weighted by atomic mass is 79.9. The number of rotatable bonds is 4. The van der Waals surface area contributed by atoms with Crippen LogP contribution in [-0.4, -0.2) is 23.9 Å². The summed E-state index contributed by atoms with van der Waals surface area (Å²) in [6.45, 7) is 1.42. The molecule has 0 aromatic carbocycles. The van der Waals surface area contributed by atoms with E-state index in [2.05, 4.69) is 27.4 Å². The van der Waals surface area contributed by atoms with Gasteiger partial charge in [0.2, 0.25) is 0 Å². The third-order valence-electron chi connectivity index (χ3n) is 1.69. The number of halogens is 2. The molecule has 0 bridgehead atoms. The van der Waals surface area contributed by atoms with Gasteiger partial charge >= 0.3 is 0 Å². The Labute approximate surface area is 101 Å². The third-order valence-corrected chi connectivity index (χ3v) is 3.48. The van der Waals surface area contributed by atoms with Crippen molar-refractivity contribution in [3.8, 4) is 6.07 Å². The Balaban J connectivity index is 2.42. The molecule has 2 nitrogen and oxygen atoms in total. The van der Waals surface area contributed by atoms with Crippen LogP contribution in [0.5, 0.6) is 0 Å². The van der Waals surface area contributed by atoms with E-state index in [1.807, 2.05) is 18.0 Å². The molecule has 1 atom stereocenters. The van der Waals surface area contributed by atoms with Gasteiger partial charge in [-0.15, -0.1) is 22.9 Å². The quantitative estimate of drug-likeness (QED) is 0.798. The second kappa shape index (κ2) is 5.72. The lowest BCUT2D eigenvalue weighted by Gasteiger charge is -2.15. The number of hydrogen-bond donors (Lipinski definition) is 0. The van der Waals surface area contributed by atoms with Crippen LogP contribution in [0.4, 0.5) is 0 Å². The molecule has 0 saturated heterocycles. The summed E-state index contributed by atoms with van der Waals surface area (Å²) in [6, 6.07) is 4.08. The van der Waals surface area contributed by atoms with Gasteiger partial charge in [-0.1, -0.05) is 0 Å². The van der Waals surface area contributed by atoms with E-state index in [1.54, 1.807) is 11.3 Å². The van der Waals surface area contributed by atoms with Gasteiger partial charge in [-0.3, -0.25) is 4.90 Å². The molecular weight excluding hydrogens is 284 g/mol. The predicted molar refractivity (Wildman–Crippen MR) is 63.6 cm³/mol. The molecule has 0 saturated carbocycles. The van der Waals surface area contributed by atoms with Crippen molar-refractivity contribution in [2.24, 2.45) is 0 Å². The van der Waals surface area contributed by atoms with Gasteiger partial charge in [0.15, 0.2) is 0 Å². The fourth-order valence-corrected chi connectivity index (χ4v) is 2.56. The lowest BCUT2D eigenvalue weighted by atomic mass is 10.3. The monoisotopic (exact) mass is 292 g/mol. The van der Waals surface area contributed by atoms with Gasteiger partial charge in [-0.25, -0.2) is 0 Å². The maximum absolute atomic E-state index is 8.54. The average Bonchev–Trinajstić information content (AvgIpc) is 2.50. The van der Waals surface area contributed by atoms with Gasteiger partial charge in [0.25, 0.3) is 0 Å². The molecule has 1 heterocycles. The zero-order valence-corrected chi connectivity index (χ0v) is 10.9. The molecule has 1 unspecified atom stereocenters. The molecule has 1 aromatic heterocycles. The van der Waals surface area contributed by atoms with Crippen LogP contribution in [0.15, 0.2) is 15.2 Å². The van der Waals surface area contributed by atoms with Crippen LogP contribution in [0.25, 0.3) is 0 Å². The van der Waals surface area contributed by atoms with Crippen molar-refractivity contribution in [2.45, 2.75) is 11.9 Å². The molecule has 14 heavy (non-hydrogen) atoms. The molecule has 5 heteroatoms. The normalized spacial score (nSPS) is 12.8. The minimum atomic E-state index is -0.429. The first kappa shape index (κ1) is 12.0. The summed E-state index contributed by atoms with van der Waals surface area (Å²) in [5.74, 6) is 0. The molecule has 0 spiro atoms. The van der Waals surface area contributed by atoms with Crippen molar-refractivity contribution >= 4 is 38.9 Å². The predicted octanol–water partition coefficient (Wildman–Crippen LogP) is 3.07. The maximum atomic E-state index is 8.54. The summed E-state index contributed by atoms with van der Waals surface area (Å²) in [6.07, 6.45) is 0. The second-order valence-corrected chi connectivity index (χ2v) is 5.87. The number of nitrogens with zero attached hydrogens (tertiary/aromatic N) is 2. The van der Waals surface area contributed by atoms with E-state index in [-0.39, 0.29) is 0 Å². The van der Waals surface area contributed by atoms with E-state index in [4.69, 9.17) is 16.9 Å². The van der Waals surface area contributed by atoms with Crippen LogP contribution >= 0.6 is 38.9 Å². The van der Waals surface area contributed by atoms with Crippen molar-refractivity contribution in [2.75, 3.05) is 13.6 Å². The van der Waals surface area contributed by atoms with Crippen molar-refractivity contribution in [3.63, 3.8) is 0 Å². The Hall–Kier alpha value is -0.0800. The van der Waals surface area contributed by atoms with Gasteiger partial charge in [-0.2, -0.15) is 5.26 Å². The minimum absolute atomic E-state index is 0.429. The van der Waals surface area contributed by atoms with Gasteiger partial charge in [0.1, 0.15) is 5.38 Å². The zero-order chi connectivity index (χ0) is 10.6. The molecule has 0 aliphatic rings. The number of nitriles is 1. The Morgan fingerprint density at radius 1 is 1.79 bits per heavy atom. The van der Waals surface area contributed by atoms with Crippen LogP contribution in [0.1, 0.15) is 5.56 Å². The van der Waals surface area contributed by atoms with Crippen LogP contribution < -0.4 is 0 Å². The summed E-state index contributed by atoms with van der Waals surface area (Å²) >= 11 is 10.8. The maximum Gasteiger partial charge on any atom is 0.133 e. The largest absolute Gasteiger partial charge is 0.300 e. The van der Waals surface area contributed by atoms with E-state index in [0.29, 0.717) is 6.54 Å². The van der Waals surface area contributed by atoms with Crippen molar-refractivity contribution in [1.29, 1.82) is 5.26 Å². The molecule has 0 aliphatic carbocycles. The van der Waals surface area contributed by atoms with E-state index in [1.165, 1.54) is 5.56 Å². The first-order valence-electron chi connectivity index (χ1n) is 4.07. The summed E-state index contributed by atoms with van der Waals surface area (Å²) in [4.78, 5) is 2.04. The number of alkyl halides is 1. The highest BCUT2D eigenvalue weighted by Gasteiger charge is 2.08. The smallest absolute Gasteiger partial charge is 0.133 e. The number of hydrogen-bond acceptors (Lipinski definition) is 3. The summed E-state index contributed by atoms with van der Waals surface area (Å²) in [5, 5.41) is 10.2. The topological polar surface area (TPSA) is 27.0 Å². The molecule has 0 amide bonds. The van der Waals surface area contributed by atoms with Crippen molar-refractivity contribution < 1.29 is 0 Å². The highest BCUT2D eigenvalue weighted by molar-refractivity contribution is 9.11. The standard InChI is InChI=1S/C9H10BrClN2S/c1-13(5-8(11)3-12)4-7-2-9(10)14-6-7/h2,6,8H,4-5H2,1H3. The Morgan fingerprint density at radius 2 is 2.50 bits per heavy atom. The molecule has 0 aliphatic heterocycles. The fourth-order valence-electron chi connectivity index (χ4n) is 1.12. The van der Waals surface area contributed by atoms with Crippen LogP contribution in [0.3, 0.4) is 0 Å². The SMILES string of the molecule is CN(Cc1csc(Br)c1)CC(Cl)C#N. The van der Waals surface area contributed by atoms with Crippen LogP contribution in [0.2, 0.25) is 0 Å². The minimum Gasteiger partial charge on any atom is -0.300 e. The highest BCUT2D eigenvalue weighted by Crippen LogP contribution is 2.21. The van der Waals surface area contributed by atoms with E-state index in [0.717, 1.165) is 10.3 Å². The summed E-state index contributed by atoms with van der Waals surface area (Å²) in [7, 11) is 1.96. The lowest BCUT2D eigenvalue weighted by molar-refractivity contribution is 0.337. The second-order valence-electron chi connectivity index (χ2n) is 3.05. The Kier molecular flexibility index (Phi) is 4.90. The van der Waals surface area contributed by atoms with E-state index >= 15 is 0 Å². The molecule has 76 valence electrons. The van der Waals surface area contributed by atoms with E-state index < -0.39 is 5.38 Å². The van der Waals surface area contributed by atoms with Gasteiger partial charge in [-0.05, 0) is 40.0 Å². The fraction of sp³-hybridized carbons (Fsp3) is 0.444. The van der Waals surface area contributed by atoms with Crippen molar-refractivity contribution in [1.82, 2.24) is 4.90 Å². The summed E-state index contributed by atoms with van der Waals surface area (Å²) in [5.41, 5.74) is 1.24.